The van der Waals surface area contributed by atoms with Crippen LogP contribution in [-0.4, -0.2) is 46.2 Å². The Kier molecular flexibility index (Phi) is 5.10. The van der Waals surface area contributed by atoms with E-state index in [0.29, 0.717) is 31.1 Å². The van der Waals surface area contributed by atoms with Gasteiger partial charge < -0.3 is 19.7 Å². The number of rotatable bonds is 5. The molecule has 2 atom stereocenters. The van der Waals surface area contributed by atoms with Gasteiger partial charge in [-0.1, -0.05) is 12.1 Å². The summed E-state index contributed by atoms with van der Waals surface area (Å²) >= 11 is 0. The summed E-state index contributed by atoms with van der Waals surface area (Å²) in [5, 5.41) is 8.11. The van der Waals surface area contributed by atoms with E-state index in [4.69, 9.17) is 14.6 Å². The van der Waals surface area contributed by atoms with E-state index in [9.17, 15) is 13.2 Å². The van der Waals surface area contributed by atoms with Gasteiger partial charge in [-0.2, -0.15) is 0 Å². The fourth-order valence-electron chi connectivity index (χ4n) is 3.69. The number of primary sulfonamides is 1. The van der Waals surface area contributed by atoms with Crippen molar-refractivity contribution in [1.29, 1.82) is 0 Å². The molecule has 2 aromatic carbocycles. The molecule has 1 amide bonds. The molecule has 0 unspecified atom stereocenters. The minimum Gasteiger partial charge on any atom is -0.486 e. The molecule has 0 aliphatic carbocycles. The summed E-state index contributed by atoms with van der Waals surface area (Å²) in [7, 11) is -3.75. The van der Waals surface area contributed by atoms with Crippen LogP contribution in [0.15, 0.2) is 47.4 Å². The molecule has 4 rings (SSSR count). The number of ether oxygens (including phenoxy) is 2. The number of fused-ring (bicyclic) bond motifs is 2. The summed E-state index contributed by atoms with van der Waals surface area (Å²) in [6.07, 6.45) is 0.400. The van der Waals surface area contributed by atoms with E-state index >= 15 is 0 Å². The highest BCUT2D eigenvalue weighted by molar-refractivity contribution is 7.89. The predicted molar refractivity (Wildman–Crippen MR) is 108 cm³/mol. The molecular formula is C20H23N3O5S. The van der Waals surface area contributed by atoms with E-state index in [2.05, 4.69) is 5.32 Å². The number of hydrogen-bond donors (Lipinski definition) is 2. The van der Waals surface area contributed by atoms with Gasteiger partial charge in [-0.25, -0.2) is 13.6 Å². The van der Waals surface area contributed by atoms with Gasteiger partial charge in [0.15, 0.2) is 11.5 Å². The van der Waals surface area contributed by atoms with Crippen LogP contribution < -0.4 is 24.8 Å². The summed E-state index contributed by atoms with van der Waals surface area (Å²) in [6.45, 7) is 2.88. The summed E-state index contributed by atoms with van der Waals surface area (Å²) in [4.78, 5) is 14.6. The Morgan fingerprint density at radius 1 is 1.24 bits per heavy atom. The van der Waals surface area contributed by atoms with Crippen molar-refractivity contribution in [1.82, 2.24) is 5.32 Å². The largest absolute Gasteiger partial charge is 0.486 e. The van der Waals surface area contributed by atoms with Crippen molar-refractivity contribution in [3.63, 3.8) is 0 Å². The van der Waals surface area contributed by atoms with Gasteiger partial charge in [0, 0.05) is 11.7 Å². The first-order chi connectivity index (χ1) is 13.8. The maximum absolute atomic E-state index is 12.5. The van der Waals surface area contributed by atoms with Crippen LogP contribution in [0, 0.1) is 0 Å². The summed E-state index contributed by atoms with van der Waals surface area (Å²) < 4.78 is 34.6. The van der Waals surface area contributed by atoms with Gasteiger partial charge in [-0.05, 0) is 49.2 Å². The molecule has 0 aromatic heterocycles. The third-order valence-corrected chi connectivity index (χ3v) is 6.06. The highest BCUT2D eigenvalue weighted by atomic mass is 32.2. The average molecular weight is 417 g/mol. The highest BCUT2D eigenvalue weighted by Crippen LogP contribution is 2.33. The van der Waals surface area contributed by atoms with Crippen LogP contribution in [0.1, 0.15) is 12.5 Å². The molecule has 154 valence electrons. The highest BCUT2D eigenvalue weighted by Gasteiger charge is 2.29. The fraction of sp³-hybridized carbons (Fsp3) is 0.350. The Morgan fingerprint density at radius 2 is 2.00 bits per heavy atom. The summed E-state index contributed by atoms with van der Waals surface area (Å²) in [6, 6.07) is 12.3. The summed E-state index contributed by atoms with van der Waals surface area (Å²) in [5.74, 6) is 1.24. The van der Waals surface area contributed by atoms with Gasteiger partial charge in [-0.3, -0.25) is 4.79 Å². The molecule has 8 nitrogen and oxygen atoms in total. The SMILES string of the molecule is C[C@@H]1Cc2cc(S(N)(=O)=O)ccc2N1CC(=O)NC[C@H]1COc2ccccc2O1. The number of nitrogens with two attached hydrogens (primary N) is 1. The van der Waals surface area contributed by atoms with Crippen molar-refractivity contribution in [2.75, 3.05) is 24.6 Å². The zero-order chi connectivity index (χ0) is 20.6. The minimum atomic E-state index is -3.75. The molecule has 2 aliphatic heterocycles. The second kappa shape index (κ2) is 7.57. The van der Waals surface area contributed by atoms with Crippen molar-refractivity contribution < 1.29 is 22.7 Å². The van der Waals surface area contributed by atoms with Gasteiger partial charge in [0.25, 0.3) is 0 Å². The number of hydrogen-bond acceptors (Lipinski definition) is 6. The fourth-order valence-corrected chi connectivity index (χ4v) is 4.26. The number of nitrogens with one attached hydrogen (secondary N) is 1. The quantitative estimate of drug-likeness (QED) is 0.752. The number of carbonyl (C=O) groups is 1. The van der Waals surface area contributed by atoms with E-state index in [1.54, 1.807) is 12.1 Å². The molecule has 3 N–H and O–H groups in total. The van der Waals surface area contributed by atoms with Gasteiger partial charge >= 0.3 is 0 Å². The minimum absolute atomic E-state index is 0.0765. The van der Waals surface area contributed by atoms with Crippen molar-refractivity contribution in [3.05, 3.63) is 48.0 Å². The number of amides is 1. The monoisotopic (exact) mass is 417 g/mol. The molecule has 29 heavy (non-hydrogen) atoms. The zero-order valence-electron chi connectivity index (χ0n) is 16.0. The lowest BCUT2D eigenvalue weighted by atomic mass is 10.1. The molecule has 0 bridgehead atoms. The van der Waals surface area contributed by atoms with E-state index in [-0.39, 0.29) is 29.5 Å². The number of benzene rings is 2. The third-order valence-electron chi connectivity index (χ3n) is 5.14. The second-order valence-electron chi connectivity index (χ2n) is 7.32. The molecular weight excluding hydrogens is 394 g/mol. The van der Waals surface area contributed by atoms with Crippen LogP contribution in [0.2, 0.25) is 0 Å². The van der Waals surface area contributed by atoms with Gasteiger partial charge in [0.2, 0.25) is 15.9 Å². The number of para-hydroxylation sites is 2. The molecule has 9 heteroatoms. The molecule has 2 aromatic rings. The number of carbonyl (C=O) groups excluding carboxylic acids is 1. The first-order valence-corrected chi connectivity index (χ1v) is 10.9. The molecule has 0 fully saturated rings. The van der Waals surface area contributed by atoms with E-state index in [1.807, 2.05) is 36.1 Å². The Bertz CT molecular complexity index is 1040. The molecule has 0 spiro atoms. The first-order valence-electron chi connectivity index (χ1n) is 9.39. The lowest BCUT2D eigenvalue weighted by Gasteiger charge is -2.28. The zero-order valence-corrected chi connectivity index (χ0v) is 16.8. The van der Waals surface area contributed by atoms with Gasteiger partial charge in [-0.15, -0.1) is 0 Å². The maximum atomic E-state index is 12.5. The van der Waals surface area contributed by atoms with Crippen LogP contribution in [0.3, 0.4) is 0 Å². The van der Waals surface area contributed by atoms with E-state index in [0.717, 1.165) is 11.3 Å². The van der Waals surface area contributed by atoms with Crippen LogP contribution in [0.4, 0.5) is 5.69 Å². The second-order valence-corrected chi connectivity index (χ2v) is 8.88. The van der Waals surface area contributed by atoms with Gasteiger partial charge in [0.05, 0.1) is 18.0 Å². The van der Waals surface area contributed by atoms with E-state index in [1.165, 1.54) is 6.07 Å². The number of nitrogens with zero attached hydrogens (tertiary/aromatic N) is 1. The molecule has 0 saturated heterocycles. The Hall–Kier alpha value is -2.78. The molecule has 0 saturated carbocycles. The van der Waals surface area contributed by atoms with Crippen LogP contribution in [-0.2, 0) is 21.2 Å². The smallest absolute Gasteiger partial charge is 0.239 e. The first kappa shape index (κ1) is 19.5. The van der Waals surface area contributed by atoms with Crippen molar-refractivity contribution in [2.24, 2.45) is 5.14 Å². The summed E-state index contributed by atoms with van der Waals surface area (Å²) in [5.41, 5.74) is 1.73. The third kappa shape index (κ3) is 4.15. The molecule has 2 aliphatic rings. The van der Waals surface area contributed by atoms with Crippen LogP contribution in [0.25, 0.3) is 0 Å². The van der Waals surface area contributed by atoms with Crippen LogP contribution >= 0.6 is 0 Å². The topological polar surface area (TPSA) is 111 Å². The lowest BCUT2D eigenvalue weighted by molar-refractivity contribution is -0.120. The normalized spacial score (nSPS) is 20.3. The Balaban J connectivity index is 1.36. The van der Waals surface area contributed by atoms with Gasteiger partial charge in [0.1, 0.15) is 12.7 Å². The predicted octanol–water partition coefficient (Wildman–Crippen LogP) is 1.04. The van der Waals surface area contributed by atoms with Crippen molar-refractivity contribution in [2.45, 2.75) is 30.4 Å². The Labute approximate surface area is 169 Å². The van der Waals surface area contributed by atoms with Crippen molar-refractivity contribution in [3.8, 4) is 11.5 Å². The molecule has 0 radical (unpaired) electrons. The molecule has 2 heterocycles. The number of sulfonamides is 1. The standard InChI is InChI=1S/C20H23N3O5S/c1-13-8-14-9-16(29(21,25)26)6-7-17(14)23(13)11-20(24)22-10-15-12-27-18-4-2-3-5-19(18)28-15/h2-7,9,13,15H,8,10-12H2,1H3,(H,22,24)(H2,21,25,26)/t13-,15+/m1/s1. The van der Waals surface area contributed by atoms with Crippen LogP contribution in [0.5, 0.6) is 11.5 Å². The van der Waals surface area contributed by atoms with Crippen molar-refractivity contribution >= 4 is 21.6 Å². The maximum Gasteiger partial charge on any atom is 0.239 e. The number of anilines is 1. The Morgan fingerprint density at radius 3 is 2.76 bits per heavy atom. The average Bonchev–Trinajstić information content (AvgIpc) is 3.00. The van der Waals surface area contributed by atoms with E-state index < -0.39 is 10.0 Å². The lowest BCUT2D eigenvalue weighted by Crippen LogP contribution is -2.45.